The number of halogens is 1. The maximum atomic E-state index is 12.4. The summed E-state index contributed by atoms with van der Waals surface area (Å²) >= 11 is 6.26. The van der Waals surface area contributed by atoms with E-state index in [1.807, 2.05) is 6.07 Å². The molecule has 3 rings (SSSR count). The second-order valence-corrected chi connectivity index (χ2v) is 5.62. The summed E-state index contributed by atoms with van der Waals surface area (Å²) in [6.07, 6.45) is 0. The number of ether oxygens (including phenoxy) is 2. The van der Waals surface area contributed by atoms with Gasteiger partial charge in [0.05, 0.1) is 12.1 Å². The third-order valence-electron chi connectivity index (χ3n) is 3.54. The second-order valence-electron chi connectivity index (χ2n) is 5.21. The number of carbonyl (C=O) groups excluding carboxylic acids is 1. The van der Waals surface area contributed by atoms with Crippen LogP contribution in [0.25, 0.3) is 0 Å². The minimum atomic E-state index is -0.256. The first-order valence-corrected chi connectivity index (χ1v) is 8.02. The molecule has 0 unspecified atom stereocenters. The first-order chi connectivity index (χ1) is 12.2. The van der Waals surface area contributed by atoms with Gasteiger partial charge in [-0.15, -0.1) is 0 Å². The van der Waals surface area contributed by atoms with Crippen LogP contribution in [0.4, 0.5) is 5.69 Å². The van der Waals surface area contributed by atoms with Gasteiger partial charge in [-0.3, -0.25) is 4.79 Å². The maximum absolute atomic E-state index is 12.4. The lowest BCUT2D eigenvalue weighted by atomic mass is 10.2. The van der Waals surface area contributed by atoms with Crippen molar-refractivity contribution >= 4 is 23.2 Å². The van der Waals surface area contributed by atoms with Crippen molar-refractivity contribution in [3.05, 3.63) is 83.4 Å². The van der Waals surface area contributed by atoms with Gasteiger partial charge in [-0.2, -0.15) is 0 Å². The molecule has 126 valence electrons. The van der Waals surface area contributed by atoms with E-state index < -0.39 is 0 Å². The van der Waals surface area contributed by atoms with E-state index in [1.165, 1.54) is 0 Å². The molecule has 0 aromatic heterocycles. The van der Waals surface area contributed by atoms with Gasteiger partial charge in [0.2, 0.25) is 0 Å². The van der Waals surface area contributed by atoms with Gasteiger partial charge in [-0.05, 0) is 48.5 Å². The molecule has 0 saturated heterocycles. The summed E-state index contributed by atoms with van der Waals surface area (Å²) in [5.41, 5.74) is 0.964. The first-order valence-electron chi connectivity index (χ1n) is 7.64. The van der Waals surface area contributed by atoms with Crippen molar-refractivity contribution in [1.29, 1.82) is 0 Å². The highest BCUT2D eigenvalue weighted by molar-refractivity contribution is 6.34. The van der Waals surface area contributed by atoms with Crippen LogP contribution in [-0.4, -0.2) is 13.0 Å². The Bertz CT molecular complexity index is 864. The van der Waals surface area contributed by atoms with Crippen LogP contribution in [0.2, 0.25) is 5.02 Å². The van der Waals surface area contributed by atoms with Gasteiger partial charge in [0, 0.05) is 5.56 Å². The minimum Gasteiger partial charge on any atom is -0.497 e. The maximum Gasteiger partial charge on any atom is 0.255 e. The van der Waals surface area contributed by atoms with Crippen molar-refractivity contribution in [3.8, 4) is 17.2 Å². The molecule has 0 aliphatic heterocycles. The highest BCUT2D eigenvalue weighted by atomic mass is 35.5. The predicted molar refractivity (Wildman–Crippen MR) is 98.9 cm³/mol. The monoisotopic (exact) mass is 353 g/mol. The lowest BCUT2D eigenvalue weighted by Gasteiger charge is -2.14. The quantitative estimate of drug-likeness (QED) is 0.668. The Morgan fingerprint density at radius 3 is 2.24 bits per heavy atom. The van der Waals surface area contributed by atoms with E-state index in [9.17, 15) is 4.79 Å². The van der Waals surface area contributed by atoms with Gasteiger partial charge in [-0.25, -0.2) is 0 Å². The van der Waals surface area contributed by atoms with E-state index in [1.54, 1.807) is 73.8 Å². The number of anilines is 1. The zero-order chi connectivity index (χ0) is 17.6. The molecule has 0 bridgehead atoms. The van der Waals surface area contributed by atoms with E-state index in [2.05, 4.69) is 5.32 Å². The van der Waals surface area contributed by atoms with Gasteiger partial charge in [0.25, 0.3) is 5.91 Å². The summed E-state index contributed by atoms with van der Waals surface area (Å²) in [5.74, 6) is 1.55. The van der Waals surface area contributed by atoms with Crippen molar-refractivity contribution in [2.24, 2.45) is 0 Å². The number of hydrogen-bond acceptors (Lipinski definition) is 3. The van der Waals surface area contributed by atoms with Crippen LogP contribution in [-0.2, 0) is 0 Å². The molecule has 0 fully saturated rings. The number of amides is 1. The van der Waals surface area contributed by atoms with Gasteiger partial charge in [0.15, 0.2) is 5.75 Å². The van der Waals surface area contributed by atoms with Crippen LogP contribution in [0, 0.1) is 0 Å². The van der Waals surface area contributed by atoms with E-state index in [-0.39, 0.29) is 5.91 Å². The molecule has 1 amide bonds. The average Bonchev–Trinajstić information content (AvgIpc) is 2.66. The minimum absolute atomic E-state index is 0.256. The molecular formula is C20H16ClNO3. The van der Waals surface area contributed by atoms with Gasteiger partial charge < -0.3 is 14.8 Å². The van der Waals surface area contributed by atoms with Crippen LogP contribution in [0.5, 0.6) is 17.2 Å². The summed E-state index contributed by atoms with van der Waals surface area (Å²) < 4.78 is 11.0. The van der Waals surface area contributed by atoms with E-state index in [4.69, 9.17) is 21.1 Å². The zero-order valence-corrected chi connectivity index (χ0v) is 14.3. The molecule has 25 heavy (non-hydrogen) atoms. The molecule has 1 N–H and O–H groups in total. The molecule has 0 spiro atoms. The largest absolute Gasteiger partial charge is 0.497 e. The molecule has 0 atom stereocenters. The Labute approximate surface area is 151 Å². The second kappa shape index (κ2) is 7.73. The van der Waals surface area contributed by atoms with Crippen LogP contribution < -0.4 is 14.8 Å². The molecule has 0 aliphatic carbocycles. The SMILES string of the molecule is COc1ccc(Oc2cccc(Cl)c2NC(=O)c2ccccc2)cc1. The van der Waals surface area contributed by atoms with Gasteiger partial charge >= 0.3 is 0 Å². The summed E-state index contributed by atoms with van der Waals surface area (Å²) in [6.45, 7) is 0. The Balaban J connectivity index is 1.85. The average molecular weight is 354 g/mol. The van der Waals surface area contributed by atoms with E-state index in [0.717, 1.165) is 5.75 Å². The van der Waals surface area contributed by atoms with E-state index >= 15 is 0 Å². The molecule has 4 nitrogen and oxygen atoms in total. The van der Waals surface area contributed by atoms with Crippen LogP contribution in [0.15, 0.2) is 72.8 Å². The summed E-state index contributed by atoms with van der Waals surface area (Å²) in [5, 5.41) is 3.22. The van der Waals surface area contributed by atoms with E-state index in [0.29, 0.717) is 27.8 Å². The van der Waals surface area contributed by atoms with Crippen molar-refractivity contribution in [3.63, 3.8) is 0 Å². The molecule has 0 heterocycles. The van der Waals surface area contributed by atoms with Gasteiger partial charge in [-0.1, -0.05) is 35.9 Å². The predicted octanol–water partition coefficient (Wildman–Crippen LogP) is 5.39. The normalized spacial score (nSPS) is 10.2. The highest BCUT2D eigenvalue weighted by Crippen LogP contribution is 2.36. The number of methoxy groups -OCH3 is 1. The lowest BCUT2D eigenvalue weighted by molar-refractivity contribution is 0.102. The lowest BCUT2D eigenvalue weighted by Crippen LogP contribution is -2.12. The van der Waals surface area contributed by atoms with Crippen LogP contribution in [0.3, 0.4) is 0 Å². The summed E-state index contributed by atoms with van der Waals surface area (Å²) in [4.78, 5) is 12.4. The fraction of sp³-hybridized carbons (Fsp3) is 0.0500. The summed E-state index contributed by atoms with van der Waals surface area (Å²) in [6, 6.07) is 21.3. The molecule has 5 heteroatoms. The molecule has 3 aromatic rings. The fourth-order valence-electron chi connectivity index (χ4n) is 2.26. The van der Waals surface area contributed by atoms with Crippen molar-refractivity contribution in [2.45, 2.75) is 0 Å². The molecule has 0 radical (unpaired) electrons. The van der Waals surface area contributed by atoms with Gasteiger partial charge in [0.1, 0.15) is 17.2 Å². The van der Waals surface area contributed by atoms with Crippen molar-refractivity contribution in [1.82, 2.24) is 0 Å². The Hall–Kier alpha value is -2.98. The fourth-order valence-corrected chi connectivity index (χ4v) is 2.47. The standard InChI is InChI=1S/C20H16ClNO3/c1-24-15-10-12-16(13-11-15)25-18-9-5-8-17(21)19(18)22-20(23)14-6-3-2-4-7-14/h2-13H,1H3,(H,22,23). The number of hydrogen-bond donors (Lipinski definition) is 1. The van der Waals surface area contributed by atoms with Crippen molar-refractivity contribution in [2.75, 3.05) is 12.4 Å². The highest BCUT2D eigenvalue weighted by Gasteiger charge is 2.14. The van der Waals surface area contributed by atoms with Crippen molar-refractivity contribution < 1.29 is 14.3 Å². The number of benzene rings is 3. The number of rotatable bonds is 5. The number of carbonyl (C=O) groups is 1. The van der Waals surface area contributed by atoms with Crippen LogP contribution in [0.1, 0.15) is 10.4 Å². The molecule has 0 saturated carbocycles. The zero-order valence-electron chi connectivity index (χ0n) is 13.5. The third-order valence-corrected chi connectivity index (χ3v) is 3.85. The smallest absolute Gasteiger partial charge is 0.255 e. The topological polar surface area (TPSA) is 47.6 Å². The summed E-state index contributed by atoms with van der Waals surface area (Å²) in [7, 11) is 1.60. The first kappa shape index (κ1) is 16.9. The Morgan fingerprint density at radius 2 is 1.56 bits per heavy atom. The third kappa shape index (κ3) is 4.11. The Kier molecular flexibility index (Phi) is 5.21. The number of nitrogens with one attached hydrogen (secondary N) is 1. The molecular weight excluding hydrogens is 338 g/mol. The van der Waals surface area contributed by atoms with Crippen LogP contribution >= 0.6 is 11.6 Å². The number of para-hydroxylation sites is 1. The molecule has 0 aliphatic rings. The molecule has 3 aromatic carbocycles. The Morgan fingerprint density at radius 1 is 0.880 bits per heavy atom.